The first-order valence-electron chi connectivity index (χ1n) is 12.4. The van der Waals surface area contributed by atoms with Gasteiger partial charge in [-0.25, -0.2) is 14.6 Å². The van der Waals surface area contributed by atoms with Gasteiger partial charge in [0.15, 0.2) is 10.5 Å². The number of hydrogen-bond donors (Lipinski definition) is 0. The quantitative estimate of drug-likeness (QED) is 0.282. The van der Waals surface area contributed by atoms with E-state index in [2.05, 4.69) is 4.99 Å². The topological polar surface area (TPSA) is 100 Å². The van der Waals surface area contributed by atoms with E-state index in [0.29, 0.717) is 21.9 Å². The Bertz CT molecular complexity index is 1890. The van der Waals surface area contributed by atoms with Crippen molar-refractivity contribution >= 4 is 41.0 Å². The van der Waals surface area contributed by atoms with E-state index < -0.39 is 41.0 Å². The van der Waals surface area contributed by atoms with Crippen molar-refractivity contribution in [3.05, 3.63) is 114 Å². The monoisotopic (exact) mass is 616 g/mol. The number of hydrogen-bond acceptors (Lipinski definition) is 8. The molecule has 0 aliphatic carbocycles. The Labute approximate surface area is 244 Å². The minimum atomic E-state index is -5.01. The Morgan fingerprint density at radius 3 is 2.38 bits per heavy atom. The lowest BCUT2D eigenvalue weighted by Crippen LogP contribution is -2.41. The number of esters is 2. The third-order valence-electron chi connectivity index (χ3n) is 6.27. The van der Waals surface area contributed by atoms with Gasteiger partial charge in [-0.3, -0.25) is 9.36 Å². The minimum absolute atomic E-state index is 0.0290. The van der Waals surface area contributed by atoms with Gasteiger partial charge in [0.05, 0.1) is 35.4 Å². The van der Waals surface area contributed by atoms with Gasteiger partial charge in [0.1, 0.15) is 11.5 Å². The molecule has 1 atom stereocenters. The highest BCUT2D eigenvalue weighted by molar-refractivity contribution is 7.07. The van der Waals surface area contributed by atoms with E-state index >= 15 is 0 Å². The van der Waals surface area contributed by atoms with Crippen LogP contribution in [-0.4, -0.2) is 36.4 Å². The highest BCUT2D eigenvalue weighted by Crippen LogP contribution is 2.38. The molecule has 216 valence electrons. The van der Waals surface area contributed by atoms with Crippen molar-refractivity contribution in [3.63, 3.8) is 0 Å². The van der Waals surface area contributed by atoms with E-state index in [1.807, 2.05) is 0 Å². The number of rotatable bonds is 6. The van der Waals surface area contributed by atoms with Crippen LogP contribution in [0.3, 0.4) is 0 Å². The molecule has 1 aliphatic rings. The number of carbonyl (C=O) groups is 2. The summed E-state index contributed by atoms with van der Waals surface area (Å²) in [7, 11) is 1.28. The minimum Gasteiger partial charge on any atom is -0.465 e. The van der Waals surface area contributed by atoms with Crippen molar-refractivity contribution in [1.82, 2.24) is 4.57 Å². The molecule has 2 aromatic heterocycles. The molecular formula is C29H20ClF3N2O6S. The highest BCUT2D eigenvalue weighted by atomic mass is 35.5. The zero-order valence-corrected chi connectivity index (χ0v) is 23.5. The summed E-state index contributed by atoms with van der Waals surface area (Å²) < 4.78 is 59.3. The highest BCUT2D eigenvalue weighted by Gasteiger charge is 2.45. The molecule has 1 aliphatic heterocycles. The number of allylic oxidation sites excluding steroid dienone is 1. The van der Waals surface area contributed by atoms with Gasteiger partial charge in [0.25, 0.3) is 5.56 Å². The summed E-state index contributed by atoms with van der Waals surface area (Å²) in [5.74, 6) is -1.06. The molecule has 0 spiro atoms. The van der Waals surface area contributed by atoms with E-state index in [1.165, 1.54) is 44.4 Å². The standard InChI is InChI=1S/C29H20ClF3N2O6S/c1-3-40-27(38)22-23(16-8-10-18(30)11-9-16)35-25(36)21(42-28(35)34-24(22)29(31,32)33)14-19-12-13-20(41-19)15-4-6-17(7-5-15)26(37)39-2/h4-14,23H,3H2,1-2H3/b21-14-/t23-/m0/s1. The first-order chi connectivity index (χ1) is 20.0. The van der Waals surface area contributed by atoms with Crippen LogP contribution in [0.25, 0.3) is 17.4 Å². The molecule has 0 amide bonds. The van der Waals surface area contributed by atoms with Gasteiger partial charge in [-0.1, -0.05) is 47.2 Å². The Kier molecular flexibility index (Phi) is 7.93. The van der Waals surface area contributed by atoms with Crippen molar-refractivity contribution < 1.29 is 36.7 Å². The normalized spacial score (nSPS) is 15.3. The number of halogens is 4. The molecule has 0 radical (unpaired) electrons. The van der Waals surface area contributed by atoms with E-state index in [0.717, 1.165) is 15.9 Å². The maximum Gasteiger partial charge on any atom is 0.434 e. The molecule has 13 heteroatoms. The van der Waals surface area contributed by atoms with Gasteiger partial charge in [-0.15, -0.1) is 0 Å². The molecule has 3 heterocycles. The number of benzene rings is 2. The van der Waals surface area contributed by atoms with E-state index in [1.54, 1.807) is 36.4 Å². The van der Waals surface area contributed by atoms with Crippen LogP contribution in [0.5, 0.6) is 0 Å². The summed E-state index contributed by atoms with van der Waals surface area (Å²) in [5, 5.41) is 0.317. The van der Waals surface area contributed by atoms with E-state index in [4.69, 9.17) is 25.5 Å². The first-order valence-corrected chi connectivity index (χ1v) is 13.6. The van der Waals surface area contributed by atoms with Gasteiger partial charge < -0.3 is 13.9 Å². The lowest BCUT2D eigenvalue weighted by Gasteiger charge is -2.26. The maximum atomic E-state index is 14.2. The Balaban J connectivity index is 1.64. The number of carbonyl (C=O) groups excluding carboxylic acids is 2. The van der Waals surface area contributed by atoms with Crippen LogP contribution < -0.4 is 14.9 Å². The molecule has 0 saturated heterocycles. The van der Waals surface area contributed by atoms with Crippen LogP contribution in [0.15, 0.2) is 86.1 Å². The number of aromatic nitrogens is 1. The van der Waals surface area contributed by atoms with Gasteiger partial charge in [0.2, 0.25) is 0 Å². The molecule has 8 nitrogen and oxygen atoms in total. The zero-order chi connectivity index (χ0) is 30.2. The molecule has 4 aromatic rings. The fourth-order valence-corrected chi connectivity index (χ4v) is 5.51. The van der Waals surface area contributed by atoms with Crippen LogP contribution in [0, 0.1) is 0 Å². The number of alkyl halides is 3. The van der Waals surface area contributed by atoms with Gasteiger partial charge in [0, 0.05) is 16.7 Å². The second-order valence-electron chi connectivity index (χ2n) is 8.89. The van der Waals surface area contributed by atoms with Gasteiger partial charge >= 0.3 is 18.1 Å². The summed E-state index contributed by atoms with van der Waals surface area (Å²) in [5.41, 5.74) is -1.72. The molecule has 2 aromatic carbocycles. The van der Waals surface area contributed by atoms with Crippen molar-refractivity contribution in [2.24, 2.45) is 4.99 Å². The van der Waals surface area contributed by atoms with Crippen molar-refractivity contribution in [2.75, 3.05) is 13.7 Å². The largest absolute Gasteiger partial charge is 0.465 e. The fourth-order valence-electron chi connectivity index (χ4n) is 4.40. The average Bonchev–Trinajstić information content (AvgIpc) is 3.56. The van der Waals surface area contributed by atoms with Crippen molar-refractivity contribution in [2.45, 2.75) is 19.1 Å². The van der Waals surface area contributed by atoms with E-state index in [9.17, 15) is 27.6 Å². The summed E-state index contributed by atoms with van der Waals surface area (Å²) in [4.78, 5) is 41.7. The molecule has 0 unspecified atom stereocenters. The Morgan fingerprint density at radius 1 is 1.07 bits per heavy atom. The number of methoxy groups -OCH3 is 1. The van der Waals surface area contributed by atoms with Crippen LogP contribution in [-0.2, 0) is 14.3 Å². The molecular weight excluding hydrogens is 597 g/mol. The third-order valence-corrected chi connectivity index (χ3v) is 7.51. The molecule has 0 bridgehead atoms. The SMILES string of the molecule is CCOC(=O)C1=C(C(F)(F)F)N=c2s/c(=C\c3ccc(-c4ccc(C(=O)OC)cc4)o3)c(=O)n2[C@H]1c1ccc(Cl)cc1. The summed E-state index contributed by atoms with van der Waals surface area (Å²) in [6, 6.07) is 14.0. The number of thiazole rings is 1. The van der Waals surface area contributed by atoms with Crippen LogP contribution in [0.2, 0.25) is 5.02 Å². The van der Waals surface area contributed by atoms with Crippen LogP contribution >= 0.6 is 22.9 Å². The average molecular weight is 617 g/mol. The fraction of sp³-hybridized carbons (Fsp3) is 0.172. The Morgan fingerprint density at radius 2 is 1.76 bits per heavy atom. The van der Waals surface area contributed by atoms with Crippen molar-refractivity contribution in [1.29, 1.82) is 0 Å². The third kappa shape index (κ3) is 5.55. The summed E-state index contributed by atoms with van der Waals surface area (Å²) >= 11 is 6.72. The number of ether oxygens (including phenoxy) is 2. The second kappa shape index (κ2) is 11.5. The molecule has 5 rings (SSSR count). The number of furan rings is 1. The van der Waals surface area contributed by atoms with Crippen LogP contribution in [0.1, 0.15) is 34.6 Å². The molecule has 0 fully saturated rings. The van der Waals surface area contributed by atoms with Crippen LogP contribution in [0.4, 0.5) is 13.2 Å². The summed E-state index contributed by atoms with van der Waals surface area (Å²) in [6.45, 7) is 1.28. The number of nitrogens with zero attached hydrogens (tertiary/aromatic N) is 2. The lowest BCUT2D eigenvalue weighted by molar-refractivity contribution is -0.140. The molecule has 0 N–H and O–H groups in total. The zero-order valence-electron chi connectivity index (χ0n) is 21.9. The second-order valence-corrected chi connectivity index (χ2v) is 10.3. The first kappa shape index (κ1) is 29.1. The molecule has 42 heavy (non-hydrogen) atoms. The van der Waals surface area contributed by atoms with Gasteiger partial charge in [-0.05, 0) is 48.9 Å². The predicted molar refractivity (Wildman–Crippen MR) is 148 cm³/mol. The van der Waals surface area contributed by atoms with E-state index in [-0.39, 0.29) is 27.3 Å². The summed E-state index contributed by atoms with van der Waals surface area (Å²) in [6.07, 6.45) is -3.63. The molecule has 0 saturated carbocycles. The number of fused-ring (bicyclic) bond motifs is 1. The maximum absolute atomic E-state index is 14.2. The smallest absolute Gasteiger partial charge is 0.434 e. The predicted octanol–water partition coefficient (Wildman–Crippen LogP) is 5.04. The van der Waals surface area contributed by atoms with Gasteiger partial charge in [-0.2, -0.15) is 13.2 Å². The van der Waals surface area contributed by atoms with Crippen molar-refractivity contribution in [3.8, 4) is 11.3 Å². The lowest BCUT2D eigenvalue weighted by atomic mass is 9.95. The Hall–Kier alpha value is -4.42.